The van der Waals surface area contributed by atoms with Crippen LogP contribution in [0.4, 0.5) is 0 Å². The summed E-state index contributed by atoms with van der Waals surface area (Å²) in [5.74, 6) is 1.55. The topological polar surface area (TPSA) is 0 Å². The molecule has 0 amide bonds. The summed E-state index contributed by atoms with van der Waals surface area (Å²) in [4.78, 5) is 0. The quantitative estimate of drug-likeness (QED) is 0.419. The van der Waals surface area contributed by atoms with Crippen LogP contribution in [0.2, 0.25) is 0 Å². The molecular weight excluding hydrogens is 129 g/mol. The van der Waals surface area contributed by atoms with Gasteiger partial charge in [-0.2, -0.15) is 12.8 Å². The van der Waals surface area contributed by atoms with Crippen molar-refractivity contribution < 1.29 is 0 Å². The van der Waals surface area contributed by atoms with E-state index in [1.54, 1.807) is 0 Å². The molecule has 0 saturated heterocycles. The molecule has 0 spiro atoms. The Morgan fingerprint density at radius 2 is 0.909 bits per heavy atom. The maximum atomic E-state index is 3.69. The zero-order valence-electron chi connectivity index (χ0n) is 8.69. The fourth-order valence-corrected chi connectivity index (χ4v) is 0. The van der Waals surface area contributed by atoms with E-state index < -0.39 is 0 Å². The first-order valence-corrected chi connectivity index (χ1v) is 4.13. The molecule has 0 heterocycles. The summed E-state index contributed by atoms with van der Waals surface area (Å²) in [5, 5.41) is 0. The van der Waals surface area contributed by atoms with E-state index in [2.05, 4.69) is 41.5 Å². The summed E-state index contributed by atoms with van der Waals surface area (Å²) >= 11 is 0. The largest absolute Gasteiger partial charge is 2.00 e. The molecule has 0 saturated carbocycles. The van der Waals surface area contributed by atoms with Gasteiger partial charge in [-0.25, -0.2) is 0 Å². The summed E-state index contributed by atoms with van der Waals surface area (Å²) in [6.07, 6.45) is 2.11. The summed E-state index contributed by atoms with van der Waals surface area (Å²) < 4.78 is 0. The predicted octanol–water partition coefficient (Wildman–Crippen LogP) is 3.35. The third kappa shape index (κ3) is 39.0. The van der Waals surface area contributed by atoms with Gasteiger partial charge in [0.2, 0.25) is 0 Å². The Kier molecular flexibility index (Phi) is 20.2. The molecule has 0 aliphatic heterocycles. The molecule has 1 heteroatoms. The van der Waals surface area contributed by atoms with Crippen molar-refractivity contribution in [3.63, 3.8) is 0 Å². The van der Waals surface area contributed by atoms with Crippen LogP contribution in [-0.4, -0.2) is 10.1 Å². The molecule has 0 atom stereocenters. The average molecular weight is 151 g/mol. The normalized spacial score (nSPS) is 8.73. The predicted molar refractivity (Wildman–Crippen MR) is 55.4 cm³/mol. The van der Waals surface area contributed by atoms with Gasteiger partial charge >= 0.3 is 10.1 Å². The van der Waals surface area contributed by atoms with Crippen molar-refractivity contribution in [3.8, 4) is 0 Å². The Morgan fingerprint density at radius 3 is 0.909 bits per heavy atom. The molecule has 0 radical (unpaired) electrons. The minimum Gasteiger partial charge on any atom is -0.343 e. The molecule has 0 aromatic carbocycles. The van der Waals surface area contributed by atoms with Crippen molar-refractivity contribution in [2.75, 3.05) is 0 Å². The molecule has 0 rings (SSSR count). The van der Waals surface area contributed by atoms with Crippen LogP contribution in [0.15, 0.2) is 0 Å². The first-order chi connectivity index (χ1) is 4.54. The van der Waals surface area contributed by atoms with Gasteiger partial charge in [0.25, 0.3) is 0 Å². The van der Waals surface area contributed by atoms with Gasteiger partial charge in [-0.15, -0.1) is 0 Å². The third-order valence-electron chi connectivity index (χ3n) is 1.15. The molecule has 0 nitrogen and oxygen atoms in total. The van der Waals surface area contributed by atoms with Gasteiger partial charge in [-0.05, 0) is 0 Å². The minimum absolute atomic E-state index is 0. The van der Waals surface area contributed by atoms with Crippen LogP contribution in [0.5, 0.6) is 0 Å². The van der Waals surface area contributed by atoms with Gasteiger partial charge in [0, 0.05) is 0 Å². The Morgan fingerprint density at radius 1 is 0.818 bits per heavy atom. The van der Waals surface area contributed by atoms with Crippen LogP contribution in [-0.2, 0) is 0 Å². The molecule has 0 aromatic rings. The summed E-state index contributed by atoms with van der Waals surface area (Å²) in [6.45, 7) is 16.0. The van der Waals surface area contributed by atoms with E-state index in [4.69, 9.17) is 0 Å². The zero-order chi connectivity index (χ0) is 8.57. The third-order valence-corrected chi connectivity index (χ3v) is 1.15. The first-order valence-electron chi connectivity index (χ1n) is 4.13. The fourth-order valence-electron chi connectivity index (χ4n) is 0. The van der Waals surface area contributed by atoms with Gasteiger partial charge in [0.05, 0.1) is 0 Å². The second-order valence-corrected chi connectivity index (χ2v) is 3.37. The van der Waals surface area contributed by atoms with Crippen molar-refractivity contribution in [3.05, 3.63) is 13.8 Å². The van der Waals surface area contributed by atoms with E-state index in [0.29, 0.717) is 0 Å². The first kappa shape index (κ1) is 17.3. The molecule has 0 aliphatic carbocycles. The zero-order valence-corrected chi connectivity index (χ0v) is 8.69. The molecule has 0 bridgehead atoms. The second-order valence-electron chi connectivity index (χ2n) is 3.37. The second kappa shape index (κ2) is 12.8. The summed E-state index contributed by atoms with van der Waals surface area (Å²) in [6, 6.07) is 0. The van der Waals surface area contributed by atoms with E-state index in [-0.39, 0.29) is 10.1 Å². The van der Waals surface area contributed by atoms with Gasteiger partial charge in [0.1, 0.15) is 0 Å². The molecule has 0 fully saturated rings. The minimum atomic E-state index is 0. The van der Waals surface area contributed by atoms with Crippen LogP contribution in [0.25, 0.3) is 0 Å². The Bertz CT molecular complexity index is 40.8. The Labute approximate surface area is 77.0 Å². The van der Waals surface area contributed by atoms with Crippen LogP contribution < -0.4 is 0 Å². The molecule has 0 N–H and O–H groups in total. The van der Waals surface area contributed by atoms with E-state index in [1.165, 1.54) is 0 Å². The standard InChI is InChI=1S/2C5H11.Be/c2*1-4-5(2)3;/h2*5H,1,4H2,2-3H3;/q2*-1;+2. The maximum absolute atomic E-state index is 3.69. The molecule has 0 unspecified atom stereocenters. The van der Waals surface area contributed by atoms with E-state index >= 15 is 0 Å². The number of hydrogen-bond donors (Lipinski definition) is 0. The van der Waals surface area contributed by atoms with Gasteiger partial charge < -0.3 is 13.8 Å². The molecule has 64 valence electrons. The van der Waals surface area contributed by atoms with Crippen LogP contribution in [0.3, 0.4) is 0 Å². The van der Waals surface area contributed by atoms with Crippen molar-refractivity contribution in [2.45, 2.75) is 40.5 Å². The van der Waals surface area contributed by atoms with Gasteiger partial charge in [-0.3, -0.25) is 0 Å². The fraction of sp³-hybridized carbons (Fsp3) is 0.800. The molecule has 11 heavy (non-hydrogen) atoms. The summed E-state index contributed by atoms with van der Waals surface area (Å²) in [7, 11) is 0. The number of rotatable bonds is 2. The van der Waals surface area contributed by atoms with Crippen molar-refractivity contribution in [1.29, 1.82) is 0 Å². The van der Waals surface area contributed by atoms with Crippen molar-refractivity contribution >= 4 is 10.1 Å². The average Bonchev–Trinajstić information content (AvgIpc) is 1.89. The Hall–Kier alpha value is 0.169. The molecular formula is C10H22Be. The van der Waals surface area contributed by atoms with Crippen LogP contribution >= 0.6 is 0 Å². The molecule has 0 aliphatic rings. The SMILES string of the molecule is [Be+2].[CH2-]CC(C)C.[CH2-]CC(C)C. The number of hydrogen-bond acceptors (Lipinski definition) is 0. The van der Waals surface area contributed by atoms with E-state index in [9.17, 15) is 0 Å². The molecule has 0 aromatic heterocycles. The monoisotopic (exact) mass is 151 g/mol. The maximum Gasteiger partial charge on any atom is 2.00 e. The van der Waals surface area contributed by atoms with Crippen molar-refractivity contribution in [1.82, 2.24) is 0 Å². The van der Waals surface area contributed by atoms with Crippen LogP contribution in [0, 0.1) is 25.7 Å². The van der Waals surface area contributed by atoms with E-state index in [1.807, 2.05) is 0 Å². The summed E-state index contributed by atoms with van der Waals surface area (Å²) in [5.41, 5.74) is 0. The Balaban J connectivity index is -0.000000107. The van der Waals surface area contributed by atoms with Crippen molar-refractivity contribution in [2.24, 2.45) is 11.8 Å². The van der Waals surface area contributed by atoms with Gasteiger partial charge in [-0.1, -0.05) is 39.5 Å². The smallest absolute Gasteiger partial charge is 0.343 e. The van der Waals surface area contributed by atoms with Gasteiger partial charge in [0.15, 0.2) is 0 Å². The van der Waals surface area contributed by atoms with Crippen LogP contribution in [0.1, 0.15) is 40.5 Å². The van der Waals surface area contributed by atoms with E-state index in [0.717, 1.165) is 24.7 Å².